The zero-order valence-electron chi connectivity index (χ0n) is 9.77. The lowest BCUT2D eigenvalue weighted by Gasteiger charge is -1.99. The number of nitrogens with zero attached hydrogens (tertiary/aromatic N) is 1. The van der Waals surface area contributed by atoms with Gasteiger partial charge in [0.05, 0.1) is 5.56 Å². The minimum Gasteiger partial charge on any atom is -0.436 e. The van der Waals surface area contributed by atoms with Crippen molar-refractivity contribution < 1.29 is 8.81 Å². The molecule has 0 bridgehead atoms. The fraction of sp³-hybridized carbons (Fsp3) is 0.0714. The van der Waals surface area contributed by atoms with Gasteiger partial charge in [0.1, 0.15) is 11.3 Å². The summed E-state index contributed by atoms with van der Waals surface area (Å²) >= 11 is 0. The number of anilines is 1. The largest absolute Gasteiger partial charge is 0.436 e. The zero-order valence-corrected chi connectivity index (χ0v) is 9.77. The van der Waals surface area contributed by atoms with Gasteiger partial charge < -0.3 is 10.2 Å². The molecule has 0 saturated carbocycles. The maximum Gasteiger partial charge on any atom is 0.230 e. The number of benzene rings is 2. The first-order valence-electron chi connectivity index (χ1n) is 5.56. The highest BCUT2D eigenvalue weighted by Gasteiger charge is 2.12. The Hall–Kier alpha value is -2.36. The molecule has 1 aromatic heterocycles. The minimum absolute atomic E-state index is 0.250. The van der Waals surface area contributed by atoms with Crippen molar-refractivity contribution in [3.05, 3.63) is 47.8 Å². The second-order valence-electron chi connectivity index (χ2n) is 4.23. The Bertz CT molecular complexity index is 734. The summed E-state index contributed by atoms with van der Waals surface area (Å²) in [6, 6.07) is 9.99. The number of nitrogens with two attached hydrogens (primary N) is 1. The van der Waals surface area contributed by atoms with E-state index in [1.54, 1.807) is 0 Å². The predicted molar refractivity (Wildman–Crippen MR) is 68.6 cm³/mol. The molecule has 0 atom stereocenters. The number of oxazole rings is 1. The van der Waals surface area contributed by atoms with Crippen LogP contribution in [-0.4, -0.2) is 4.98 Å². The van der Waals surface area contributed by atoms with Gasteiger partial charge in [-0.2, -0.15) is 0 Å². The third-order valence-electron chi connectivity index (χ3n) is 2.76. The summed E-state index contributed by atoms with van der Waals surface area (Å²) < 4.78 is 19.3. The first kappa shape index (κ1) is 10.8. The molecule has 0 amide bonds. The monoisotopic (exact) mass is 242 g/mol. The SMILES string of the molecule is Cc1ccc2nc(-c3cc(N)ccc3F)oc2c1. The lowest BCUT2D eigenvalue weighted by Crippen LogP contribution is -1.89. The molecule has 0 saturated heterocycles. The van der Waals surface area contributed by atoms with Gasteiger partial charge in [-0.25, -0.2) is 9.37 Å². The number of hydrogen-bond donors (Lipinski definition) is 1. The van der Waals surface area contributed by atoms with Crippen LogP contribution in [0.4, 0.5) is 10.1 Å². The number of nitrogen functional groups attached to an aromatic ring is 1. The molecule has 18 heavy (non-hydrogen) atoms. The molecule has 0 fully saturated rings. The third kappa shape index (κ3) is 1.72. The fourth-order valence-corrected chi connectivity index (χ4v) is 1.85. The van der Waals surface area contributed by atoms with E-state index in [1.165, 1.54) is 18.2 Å². The quantitative estimate of drug-likeness (QED) is 0.664. The smallest absolute Gasteiger partial charge is 0.230 e. The summed E-state index contributed by atoms with van der Waals surface area (Å²) in [5.41, 5.74) is 8.82. The van der Waals surface area contributed by atoms with Crippen LogP contribution in [-0.2, 0) is 0 Å². The van der Waals surface area contributed by atoms with Crippen LogP contribution in [0.2, 0.25) is 0 Å². The van der Waals surface area contributed by atoms with Crippen molar-refractivity contribution in [2.75, 3.05) is 5.73 Å². The average molecular weight is 242 g/mol. The maximum absolute atomic E-state index is 13.7. The number of halogens is 1. The first-order chi connectivity index (χ1) is 8.63. The molecule has 90 valence electrons. The van der Waals surface area contributed by atoms with E-state index in [2.05, 4.69) is 4.98 Å². The molecule has 0 unspecified atom stereocenters. The summed E-state index contributed by atoms with van der Waals surface area (Å²) in [4.78, 5) is 4.26. The third-order valence-corrected chi connectivity index (χ3v) is 2.76. The van der Waals surface area contributed by atoms with Crippen LogP contribution < -0.4 is 5.73 Å². The molecule has 0 aliphatic carbocycles. The van der Waals surface area contributed by atoms with Gasteiger partial charge >= 0.3 is 0 Å². The van der Waals surface area contributed by atoms with Gasteiger partial charge in [0.25, 0.3) is 0 Å². The van der Waals surface area contributed by atoms with Gasteiger partial charge in [0, 0.05) is 5.69 Å². The van der Waals surface area contributed by atoms with E-state index in [1.807, 2.05) is 25.1 Å². The summed E-state index contributed by atoms with van der Waals surface area (Å²) in [6.07, 6.45) is 0. The molecule has 3 rings (SSSR count). The molecule has 4 heteroatoms. The van der Waals surface area contributed by atoms with E-state index in [9.17, 15) is 4.39 Å². The Labute approximate surface area is 103 Å². The molecule has 3 aromatic rings. The van der Waals surface area contributed by atoms with Gasteiger partial charge in [-0.1, -0.05) is 6.07 Å². The van der Waals surface area contributed by atoms with E-state index in [-0.39, 0.29) is 11.5 Å². The Kier molecular flexibility index (Phi) is 2.30. The van der Waals surface area contributed by atoms with E-state index in [4.69, 9.17) is 10.2 Å². The highest BCUT2D eigenvalue weighted by atomic mass is 19.1. The summed E-state index contributed by atoms with van der Waals surface area (Å²) in [6.45, 7) is 1.96. The number of fused-ring (bicyclic) bond motifs is 1. The lowest BCUT2D eigenvalue weighted by atomic mass is 10.2. The molecular weight excluding hydrogens is 231 g/mol. The second kappa shape index (κ2) is 3.84. The van der Waals surface area contributed by atoms with Crippen molar-refractivity contribution in [3.8, 4) is 11.5 Å². The van der Waals surface area contributed by atoms with Crippen LogP contribution in [0.3, 0.4) is 0 Å². The first-order valence-corrected chi connectivity index (χ1v) is 5.56. The van der Waals surface area contributed by atoms with Crippen LogP contribution in [0.25, 0.3) is 22.6 Å². The van der Waals surface area contributed by atoms with Crippen LogP contribution in [0.15, 0.2) is 40.8 Å². The molecule has 0 spiro atoms. The van der Waals surface area contributed by atoms with Gasteiger partial charge in [-0.15, -0.1) is 0 Å². The van der Waals surface area contributed by atoms with Crippen LogP contribution in [0, 0.1) is 12.7 Å². The summed E-state index contributed by atoms with van der Waals surface area (Å²) in [7, 11) is 0. The fourth-order valence-electron chi connectivity index (χ4n) is 1.85. The van der Waals surface area contributed by atoms with Gasteiger partial charge in [-0.3, -0.25) is 0 Å². The van der Waals surface area contributed by atoms with Gasteiger partial charge in [-0.05, 0) is 42.8 Å². The highest BCUT2D eigenvalue weighted by molar-refractivity contribution is 5.77. The van der Waals surface area contributed by atoms with Crippen molar-refractivity contribution in [2.24, 2.45) is 0 Å². The lowest BCUT2D eigenvalue weighted by molar-refractivity contribution is 0.593. The van der Waals surface area contributed by atoms with E-state index in [0.717, 1.165) is 5.56 Å². The van der Waals surface area contributed by atoms with Crippen LogP contribution in [0.1, 0.15) is 5.56 Å². The van der Waals surface area contributed by atoms with Crippen molar-refractivity contribution >= 4 is 16.8 Å². The number of rotatable bonds is 1. The Balaban J connectivity index is 2.22. The predicted octanol–water partition coefficient (Wildman–Crippen LogP) is 3.52. The van der Waals surface area contributed by atoms with Crippen molar-refractivity contribution in [2.45, 2.75) is 6.92 Å². The Morgan fingerprint density at radius 3 is 2.83 bits per heavy atom. The van der Waals surface area contributed by atoms with Crippen molar-refractivity contribution in [1.29, 1.82) is 0 Å². The Morgan fingerprint density at radius 1 is 1.17 bits per heavy atom. The van der Waals surface area contributed by atoms with Crippen LogP contribution in [0.5, 0.6) is 0 Å². The molecular formula is C14H11FN2O. The molecule has 2 N–H and O–H groups in total. The molecule has 2 aromatic carbocycles. The zero-order chi connectivity index (χ0) is 12.7. The average Bonchev–Trinajstić information content (AvgIpc) is 2.74. The van der Waals surface area contributed by atoms with Gasteiger partial charge in [0.2, 0.25) is 5.89 Å². The normalized spacial score (nSPS) is 11.0. The topological polar surface area (TPSA) is 52.0 Å². The number of aryl methyl sites for hydroxylation is 1. The molecule has 3 nitrogen and oxygen atoms in total. The van der Waals surface area contributed by atoms with E-state index in [0.29, 0.717) is 16.8 Å². The standard InChI is InChI=1S/C14H11FN2O/c1-8-2-5-12-13(6-8)18-14(17-12)10-7-9(16)3-4-11(10)15/h2-7H,16H2,1H3. The Morgan fingerprint density at radius 2 is 2.00 bits per heavy atom. The van der Waals surface area contributed by atoms with Crippen molar-refractivity contribution in [1.82, 2.24) is 4.98 Å². The van der Waals surface area contributed by atoms with Crippen LogP contribution >= 0.6 is 0 Å². The van der Waals surface area contributed by atoms with E-state index < -0.39 is 5.82 Å². The molecule has 0 aliphatic rings. The summed E-state index contributed by atoms with van der Waals surface area (Å²) in [5.74, 6) is -0.145. The number of aromatic nitrogens is 1. The second-order valence-corrected chi connectivity index (χ2v) is 4.23. The maximum atomic E-state index is 13.7. The van der Waals surface area contributed by atoms with Crippen molar-refractivity contribution in [3.63, 3.8) is 0 Å². The minimum atomic E-state index is -0.396. The molecule has 0 aliphatic heterocycles. The van der Waals surface area contributed by atoms with Gasteiger partial charge in [0.15, 0.2) is 5.58 Å². The highest BCUT2D eigenvalue weighted by Crippen LogP contribution is 2.28. The van der Waals surface area contributed by atoms with E-state index >= 15 is 0 Å². The molecule has 0 radical (unpaired) electrons. The number of hydrogen-bond acceptors (Lipinski definition) is 3. The summed E-state index contributed by atoms with van der Waals surface area (Å²) in [5, 5.41) is 0. The molecule has 1 heterocycles.